The number of hydrogen-bond acceptors (Lipinski definition) is 3. The summed E-state index contributed by atoms with van der Waals surface area (Å²) in [6.07, 6.45) is 0. The first kappa shape index (κ1) is 17.4. The molecule has 2 aromatic rings. The number of benzene rings is 2. The number of halogens is 1. The molecule has 6 heteroatoms. The van der Waals surface area contributed by atoms with E-state index < -0.39 is 17.7 Å². The van der Waals surface area contributed by atoms with Gasteiger partial charge in [-0.05, 0) is 24.3 Å². The molecular formula is C15H13FNNaO3. The van der Waals surface area contributed by atoms with Crippen LogP contribution < -0.4 is 29.6 Å². The Kier molecular flexibility index (Phi) is 6.55. The van der Waals surface area contributed by atoms with Gasteiger partial charge in [0, 0.05) is 7.05 Å². The topological polar surface area (TPSA) is 46.6 Å². The minimum absolute atomic E-state index is 0. The SMILES string of the molecule is CN(OC(=O)c1ccccc1)C(=O)c1ccccc1F.[H-].[Na+]. The van der Waals surface area contributed by atoms with E-state index in [0.717, 1.165) is 0 Å². The molecule has 0 fully saturated rings. The number of carbonyl (C=O) groups is 2. The van der Waals surface area contributed by atoms with E-state index in [1.807, 2.05) is 0 Å². The van der Waals surface area contributed by atoms with Crippen LogP contribution in [0.3, 0.4) is 0 Å². The smallest absolute Gasteiger partial charge is 1.00 e. The average molecular weight is 297 g/mol. The second-order valence-corrected chi connectivity index (χ2v) is 4.03. The molecule has 0 atom stereocenters. The normalized spacial score (nSPS) is 9.43. The third-order valence-corrected chi connectivity index (χ3v) is 2.62. The van der Waals surface area contributed by atoms with Crippen molar-refractivity contribution in [2.75, 3.05) is 7.05 Å². The molecule has 1 amide bonds. The van der Waals surface area contributed by atoms with Gasteiger partial charge in [0.15, 0.2) is 0 Å². The minimum Gasteiger partial charge on any atom is -1.00 e. The fourth-order valence-electron chi connectivity index (χ4n) is 1.60. The van der Waals surface area contributed by atoms with Crippen LogP contribution in [0.1, 0.15) is 22.1 Å². The molecule has 0 radical (unpaired) electrons. The molecule has 0 aromatic heterocycles. The molecule has 0 saturated heterocycles. The van der Waals surface area contributed by atoms with E-state index in [2.05, 4.69) is 0 Å². The standard InChI is InChI=1S/C15H12FNO3.Na.H/c1-17(14(18)12-9-5-6-10-13(12)16)20-15(19)11-7-3-2-4-8-11;;/h2-10H,1H3;;/q;+1;-1. The zero-order valence-corrected chi connectivity index (χ0v) is 13.7. The summed E-state index contributed by atoms with van der Waals surface area (Å²) in [7, 11) is 1.26. The van der Waals surface area contributed by atoms with Crippen LogP contribution >= 0.6 is 0 Å². The van der Waals surface area contributed by atoms with Crippen LogP contribution in [0.25, 0.3) is 0 Å². The summed E-state index contributed by atoms with van der Waals surface area (Å²) in [5.74, 6) is -2.08. The number of amides is 1. The van der Waals surface area contributed by atoms with Crippen molar-refractivity contribution in [2.24, 2.45) is 0 Å². The zero-order valence-electron chi connectivity index (χ0n) is 12.7. The van der Waals surface area contributed by atoms with E-state index in [1.54, 1.807) is 30.3 Å². The molecule has 2 rings (SSSR count). The summed E-state index contributed by atoms with van der Waals surface area (Å²) in [6, 6.07) is 13.7. The van der Waals surface area contributed by atoms with Gasteiger partial charge in [0.25, 0.3) is 5.91 Å². The van der Waals surface area contributed by atoms with Crippen molar-refractivity contribution >= 4 is 11.9 Å². The Hall–Kier alpha value is -1.69. The summed E-state index contributed by atoms with van der Waals surface area (Å²) in [5, 5.41) is 0.716. The first-order chi connectivity index (χ1) is 9.59. The summed E-state index contributed by atoms with van der Waals surface area (Å²) >= 11 is 0. The maximum absolute atomic E-state index is 13.5. The molecule has 0 saturated carbocycles. The number of carbonyl (C=O) groups excluding carboxylic acids is 2. The first-order valence-corrected chi connectivity index (χ1v) is 5.89. The summed E-state index contributed by atoms with van der Waals surface area (Å²) in [6.45, 7) is 0. The third kappa shape index (κ3) is 4.39. The Balaban J connectivity index is 0.00000220. The van der Waals surface area contributed by atoms with Crippen molar-refractivity contribution in [3.63, 3.8) is 0 Å². The molecule has 0 aliphatic carbocycles. The van der Waals surface area contributed by atoms with Gasteiger partial charge in [-0.1, -0.05) is 30.3 Å². The Bertz CT molecular complexity index is 640. The molecule has 0 aliphatic rings. The van der Waals surface area contributed by atoms with Crippen molar-refractivity contribution < 1.29 is 49.8 Å². The van der Waals surface area contributed by atoms with Crippen LogP contribution in [0.15, 0.2) is 54.6 Å². The van der Waals surface area contributed by atoms with Crippen LogP contribution in [0.5, 0.6) is 0 Å². The Morgan fingerprint density at radius 3 is 2.24 bits per heavy atom. The van der Waals surface area contributed by atoms with E-state index >= 15 is 0 Å². The van der Waals surface area contributed by atoms with Gasteiger partial charge in [-0.2, -0.15) is 5.06 Å². The molecular weight excluding hydrogens is 284 g/mol. The predicted molar refractivity (Wildman–Crippen MR) is 71.5 cm³/mol. The minimum atomic E-state index is -0.729. The third-order valence-electron chi connectivity index (χ3n) is 2.62. The number of hydrogen-bond donors (Lipinski definition) is 0. The molecule has 0 spiro atoms. The Morgan fingerprint density at radius 1 is 1.05 bits per heavy atom. The van der Waals surface area contributed by atoms with Crippen molar-refractivity contribution in [3.05, 3.63) is 71.5 Å². The van der Waals surface area contributed by atoms with Crippen molar-refractivity contribution in [1.82, 2.24) is 5.06 Å². The second-order valence-electron chi connectivity index (χ2n) is 4.03. The molecule has 104 valence electrons. The molecule has 0 unspecified atom stereocenters. The maximum Gasteiger partial charge on any atom is 1.00 e. The summed E-state index contributed by atoms with van der Waals surface area (Å²) in [4.78, 5) is 28.6. The molecule has 21 heavy (non-hydrogen) atoms. The van der Waals surface area contributed by atoms with Gasteiger partial charge < -0.3 is 6.26 Å². The van der Waals surface area contributed by atoms with E-state index in [0.29, 0.717) is 10.6 Å². The molecule has 0 heterocycles. The predicted octanol–water partition coefficient (Wildman–Crippen LogP) is -0.214. The van der Waals surface area contributed by atoms with Crippen molar-refractivity contribution in [2.45, 2.75) is 0 Å². The fourth-order valence-corrected chi connectivity index (χ4v) is 1.60. The Labute approximate surface area is 145 Å². The van der Waals surface area contributed by atoms with Crippen LogP contribution in [-0.4, -0.2) is 24.0 Å². The van der Waals surface area contributed by atoms with Gasteiger partial charge in [0.1, 0.15) is 5.82 Å². The molecule has 0 aliphatic heterocycles. The van der Waals surface area contributed by atoms with E-state index in [9.17, 15) is 14.0 Å². The van der Waals surface area contributed by atoms with E-state index in [-0.39, 0.29) is 36.5 Å². The number of hydroxylamine groups is 2. The number of rotatable bonds is 2. The van der Waals surface area contributed by atoms with Gasteiger partial charge in [0.05, 0.1) is 11.1 Å². The van der Waals surface area contributed by atoms with Gasteiger partial charge in [-0.3, -0.25) is 4.79 Å². The second kappa shape index (κ2) is 7.93. The van der Waals surface area contributed by atoms with Gasteiger partial charge in [-0.15, -0.1) is 0 Å². The summed E-state index contributed by atoms with van der Waals surface area (Å²) < 4.78 is 13.5. The molecule has 2 aromatic carbocycles. The van der Waals surface area contributed by atoms with E-state index in [1.165, 1.54) is 31.3 Å². The fraction of sp³-hybridized carbons (Fsp3) is 0.0667. The molecule has 0 N–H and O–H groups in total. The zero-order chi connectivity index (χ0) is 14.5. The van der Waals surface area contributed by atoms with Crippen molar-refractivity contribution in [1.29, 1.82) is 0 Å². The maximum atomic E-state index is 13.5. The molecule has 0 bridgehead atoms. The first-order valence-electron chi connectivity index (χ1n) is 5.89. The molecule has 4 nitrogen and oxygen atoms in total. The van der Waals surface area contributed by atoms with Gasteiger partial charge in [0.2, 0.25) is 0 Å². The van der Waals surface area contributed by atoms with Crippen molar-refractivity contribution in [3.8, 4) is 0 Å². The quantitative estimate of drug-likeness (QED) is 0.569. The van der Waals surface area contributed by atoms with E-state index in [4.69, 9.17) is 4.84 Å². The largest absolute Gasteiger partial charge is 1.00 e. The van der Waals surface area contributed by atoms with Crippen LogP contribution in [0, 0.1) is 5.82 Å². The van der Waals surface area contributed by atoms with Crippen LogP contribution in [-0.2, 0) is 4.84 Å². The Morgan fingerprint density at radius 2 is 1.62 bits per heavy atom. The monoisotopic (exact) mass is 297 g/mol. The van der Waals surface area contributed by atoms with Crippen LogP contribution in [0.4, 0.5) is 4.39 Å². The summed E-state index contributed by atoms with van der Waals surface area (Å²) in [5.41, 5.74) is 0.150. The number of nitrogens with zero attached hydrogens (tertiary/aromatic N) is 1. The van der Waals surface area contributed by atoms with Gasteiger partial charge in [-0.25, -0.2) is 9.18 Å². The van der Waals surface area contributed by atoms with Gasteiger partial charge >= 0.3 is 35.5 Å². The average Bonchev–Trinajstić information content (AvgIpc) is 2.48. The van der Waals surface area contributed by atoms with Crippen LogP contribution in [0.2, 0.25) is 0 Å².